The predicted octanol–water partition coefficient (Wildman–Crippen LogP) is 4.52. The first-order valence-electron chi connectivity index (χ1n) is 9.93. The molecule has 4 aromatic carbocycles. The van der Waals surface area contributed by atoms with Gasteiger partial charge in [-0.15, -0.1) is 0 Å². The Kier molecular flexibility index (Phi) is 5.50. The van der Waals surface area contributed by atoms with Crippen LogP contribution in [0.2, 0.25) is 0 Å². The lowest BCUT2D eigenvalue weighted by Gasteiger charge is -2.48. The molecule has 0 spiro atoms. The third kappa shape index (κ3) is 3.45. The zero-order valence-electron chi connectivity index (χ0n) is 16.9. The van der Waals surface area contributed by atoms with Gasteiger partial charge in [0.1, 0.15) is 0 Å². The highest BCUT2D eigenvalue weighted by Gasteiger charge is 2.47. The van der Waals surface area contributed by atoms with Crippen molar-refractivity contribution in [1.29, 1.82) is 0 Å². The van der Waals surface area contributed by atoms with Crippen molar-refractivity contribution in [1.82, 2.24) is 0 Å². The number of rotatable bonds is 6. The largest absolute Gasteiger partial charge is 0.377 e. The summed E-state index contributed by atoms with van der Waals surface area (Å²) in [6.07, 6.45) is 0. The van der Waals surface area contributed by atoms with Crippen molar-refractivity contribution in [2.24, 2.45) is 0 Å². The van der Waals surface area contributed by atoms with E-state index in [1.165, 1.54) is 21.7 Å². The van der Waals surface area contributed by atoms with Crippen molar-refractivity contribution in [3.8, 4) is 0 Å². The molecule has 0 aliphatic heterocycles. The van der Waals surface area contributed by atoms with Crippen LogP contribution in [0, 0.1) is 0 Å². The van der Waals surface area contributed by atoms with Gasteiger partial charge >= 0.3 is 8.40 Å². The number of hydrogen-bond acceptors (Lipinski definition) is 2. The van der Waals surface area contributed by atoms with E-state index >= 15 is 0 Å². The quantitative estimate of drug-likeness (QED) is 0.444. The van der Waals surface area contributed by atoms with Gasteiger partial charge in [-0.1, -0.05) is 97.1 Å². The Balaban J connectivity index is 2.03. The fraction of sp³-hybridized carbons (Fsp3) is 0.0769. The van der Waals surface area contributed by atoms with Gasteiger partial charge in [-0.3, -0.25) is 0 Å². The Morgan fingerprint density at radius 3 is 1.00 bits per heavy atom. The lowest BCUT2D eigenvalue weighted by atomic mass is 10.3. The van der Waals surface area contributed by atoms with Gasteiger partial charge in [0.2, 0.25) is 0 Å². The van der Waals surface area contributed by atoms with Crippen LogP contribution in [0.25, 0.3) is 0 Å². The average molecular weight is 395 g/mol. The SMILES string of the molecule is CN(c1ccccc1)[Si](c1ccccc1)(c1ccccc1)N(C)c1ccccc1. The van der Waals surface area contributed by atoms with E-state index in [0.717, 1.165) is 0 Å². The second-order valence-electron chi connectivity index (χ2n) is 7.19. The maximum Gasteiger partial charge on any atom is 0.330 e. The summed E-state index contributed by atoms with van der Waals surface area (Å²) in [6.45, 7) is 0. The molecule has 3 heteroatoms. The highest BCUT2D eigenvalue weighted by atomic mass is 28.3. The molecule has 0 unspecified atom stereocenters. The number of benzene rings is 4. The minimum absolute atomic E-state index is 1.22. The van der Waals surface area contributed by atoms with Gasteiger partial charge in [-0.05, 0) is 48.7 Å². The van der Waals surface area contributed by atoms with Crippen LogP contribution in [0.5, 0.6) is 0 Å². The lowest BCUT2D eigenvalue weighted by Crippen LogP contribution is -2.78. The topological polar surface area (TPSA) is 6.48 Å². The van der Waals surface area contributed by atoms with E-state index in [-0.39, 0.29) is 0 Å². The minimum atomic E-state index is -2.57. The number of hydrogen-bond donors (Lipinski definition) is 0. The Morgan fingerprint density at radius 1 is 0.414 bits per heavy atom. The first kappa shape index (κ1) is 19.0. The second-order valence-corrected chi connectivity index (χ2v) is 11.0. The summed E-state index contributed by atoms with van der Waals surface area (Å²) in [7, 11) is 1.90. The summed E-state index contributed by atoms with van der Waals surface area (Å²) in [5.41, 5.74) is 2.43. The molecular weight excluding hydrogens is 368 g/mol. The molecule has 0 aliphatic carbocycles. The third-order valence-corrected chi connectivity index (χ3v) is 10.3. The lowest BCUT2D eigenvalue weighted by molar-refractivity contribution is 1.17. The summed E-state index contributed by atoms with van der Waals surface area (Å²) < 4.78 is 5.01. The Bertz CT molecular complexity index is 934. The summed E-state index contributed by atoms with van der Waals surface area (Å²) in [5.74, 6) is 0. The number of para-hydroxylation sites is 2. The summed E-state index contributed by atoms with van der Waals surface area (Å²) in [6, 6.07) is 43.3. The summed E-state index contributed by atoms with van der Waals surface area (Å²) >= 11 is 0. The molecule has 0 saturated carbocycles. The van der Waals surface area contributed by atoms with Gasteiger partial charge in [-0.2, -0.15) is 0 Å². The van der Waals surface area contributed by atoms with Gasteiger partial charge in [0.15, 0.2) is 0 Å². The second kappa shape index (κ2) is 8.37. The molecule has 0 fully saturated rings. The first-order chi connectivity index (χ1) is 14.2. The van der Waals surface area contributed by atoms with Crippen LogP contribution in [0.4, 0.5) is 11.4 Å². The Labute approximate surface area is 174 Å². The fourth-order valence-electron chi connectivity index (χ4n) is 4.18. The first-order valence-corrected chi connectivity index (χ1v) is 11.8. The van der Waals surface area contributed by atoms with Gasteiger partial charge < -0.3 is 9.13 Å². The number of anilines is 2. The monoisotopic (exact) mass is 394 g/mol. The maximum atomic E-state index is 2.50. The van der Waals surface area contributed by atoms with Gasteiger partial charge in [0, 0.05) is 11.4 Å². The van der Waals surface area contributed by atoms with Crippen molar-refractivity contribution >= 4 is 30.1 Å². The Hall–Kier alpha value is -3.30. The van der Waals surface area contributed by atoms with Crippen molar-refractivity contribution in [2.75, 3.05) is 23.2 Å². The third-order valence-electron chi connectivity index (χ3n) is 5.61. The van der Waals surface area contributed by atoms with Crippen molar-refractivity contribution in [2.45, 2.75) is 0 Å². The molecule has 144 valence electrons. The maximum absolute atomic E-state index is 2.57. The summed E-state index contributed by atoms with van der Waals surface area (Å²) in [4.78, 5) is 0. The zero-order chi connectivity index (χ0) is 20.1. The zero-order valence-corrected chi connectivity index (χ0v) is 17.9. The fourth-order valence-corrected chi connectivity index (χ4v) is 8.88. The standard InChI is InChI=1S/C26H26N2Si/c1-27(23-15-7-3-8-16-23)29(25-19-11-5-12-20-25,26-21-13-6-14-22-26)28(2)24-17-9-4-10-18-24/h3-22H,1-2H3. The van der Waals surface area contributed by atoms with Crippen LogP contribution in [-0.4, -0.2) is 22.5 Å². The van der Waals surface area contributed by atoms with Crippen LogP contribution in [0.15, 0.2) is 121 Å². The molecule has 0 N–H and O–H groups in total. The van der Waals surface area contributed by atoms with E-state index in [4.69, 9.17) is 0 Å². The van der Waals surface area contributed by atoms with Crippen molar-refractivity contribution < 1.29 is 0 Å². The normalized spacial score (nSPS) is 11.1. The molecule has 2 nitrogen and oxygen atoms in total. The predicted molar refractivity (Wildman–Crippen MR) is 128 cm³/mol. The van der Waals surface area contributed by atoms with Crippen LogP contribution in [-0.2, 0) is 0 Å². The molecule has 29 heavy (non-hydrogen) atoms. The van der Waals surface area contributed by atoms with E-state index in [1.54, 1.807) is 0 Å². The molecule has 0 amide bonds. The molecule has 0 aromatic heterocycles. The Morgan fingerprint density at radius 2 is 0.690 bits per heavy atom. The smallest absolute Gasteiger partial charge is 0.330 e. The minimum Gasteiger partial charge on any atom is -0.377 e. The average Bonchev–Trinajstić information content (AvgIpc) is 2.82. The number of nitrogens with zero attached hydrogens (tertiary/aromatic N) is 2. The van der Waals surface area contributed by atoms with Gasteiger partial charge in [-0.25, -0.2) is 0 Å². The summed E-state index contributed by atoms with van der Waals surface area (Å²) in [5, 5.41) is 2.70. The van der Waals surface area contributed by atoms with E-state index in [9.17, 15) is 0 Å². The van der Waals surface area contributed by atoms with E-state index in [1.807, 2.05) is 0 Å². The van der Waals surface area contributed by atoms with Crippen molar-refractivity contribution in [3.63, 3.8) is 0 Å². The van der Waals surface area contributed by atoms with E-state index < -0.39 is 8.40 Å². The molecule has 0 saturated heterocycles. The molecule has 0 aliphatic rings. The van der Waals surface area contributed by atoms with Crippen molar-refractivity contribution in [3.05, 3.63) is 121 Å². The highest BCUT2D eigenvalue weighted by Crippen LogP contribution is 2.26. The molecule has 0 bridgehead atoms. The van der Waals surface area contributed by atoms with E-state index in [0.29, 0.717) is 0 Å². The van der Waals surface area contributed by atoms with Crippen LogP contribution >= 0.6 is 0 Å². The van der Waals surface area contributed by atoms with Gasteiger partial charge in [0.05, 0.1) is 0 Å². The van der Waals surface area contributed by atoms with Crippen LogP contribution in [0.1, 0.15) is 0 Å². The molecular formula is C26H26N2Si. The molecule has 0 heterocycles. The van der Waals surface area contributed by atoms with Crippen LogP contribution < -0.4 is 19.5 Å². The molecule has 4 aromatic rings. The van der Waals surface area contributed by atoms with Gasteiger partial charge in [0.25, 0.3) is 0 Å². The van der Waals surface area contributed by atoms with E-state index in [2.05, 4.69) is 145 Å². The molecule has 0 radical (unpaired) electrons. The molecule has 0 atom stereocenters. The molecule has 4 rings (SSSR count). The van der Waals surface area contributed by atoms with Crippen LogP contribution in [0.3, 0.4) is 0 Å². The highest BCUT2D eigenvalue weighted by molar-refractivity contribution is 7.07.